The molecule has 0 bridgehead atoms. The molecule has 0 amide bonds. The molecule has 2 unspecified atom stereocenters. The number of carbonyl (C=O) groups is 7. The van der Waals surface area contributed by atoms with Gasteiger partial charge < -0.3 is 74.1 Å². The van der Waals surface area contributed by atoms with Gasteiger partial charge in [-0.2, -0.15) is 9.59 Å². The maximum atomic E-state index is 11.4. The van der Waals surface area contributed by atoms with E-state index in [0.29, 0.717) is 0 Å². The van der Waals surface area contributed by atoms with E-state index in [4.69, 9.17) is 19.1 Å². The molecule has 0 aromatic rings. The van der Waals surface area contributed by atoms with Gasteiger partial charge in [-0.25, -0.2) is 9.59 Å². The van der Waals surface area contributed by atoms with Gasteiger partial charge in [-0.15, -0.1) is 0 Å². The fourth-order valence-electron chi connectivity index (χ4n) is 3.58. The monoisotopic (exact) mass is 884 g/mol. The molecule has 0 spiro atoms. The number of carbonyl (C=O) groups excluding carboxylic acids is 9. The number of ether oxygens (including phenoxy) is 2. The summed E-state index contributed by atoms with van der Waals surface area (Å²) in [6.45, 7) is 5.29. The normalized spacial score (nSPS) is 10.4. The number of nitrogens with zero attached hydrogens (tertiary/aromatic N) is 4. The Kier molecular flexibility index (Phi) is 66.9. The minimum atomic E-state index is -1.52. The van der Waals surface area contributed by atoms with Crippen LogP contribution in [0.1, 0.15) is 13.8 Å². The summed E-state index contributed by atoms with van der Waals surface area (Å²) in [5.74, 6) is -8.58. The number of hydrogen-bond acceptors (Lipinski definition) is 22. The number of aliphatic hydroxyl groups is 2. The second kappa shape index (κ2) is 48.9. The van der Waals surface area contributed by atoms with E-state index in [-0.39, 0.29) is 241 Å². The molecule has 0 aliphatic rings. The Morgan fingerprint density at radius 2 is 0.966 bits per heavy atom. The Morgan fingerprint density at radius 1 is 0.621 bits per heavy atom. The van der Waals surface area contributed by atoms with E-state index in [1.54, 1.807) is 0 Å². The Morgan fingerprint density at radius 3 is 1.31 bits per heavy atom. The molecule has 58 heavy (non-hydrogen) atoms. The van der Waals surface area contributed by atoms with Gasteiger partial charge in [-0.05, 0) is 20.4 Å². The Hall–Kier alpha value is 0.910. The van der Waals surface area contributed by atoms with E-state index in [1.807, 2.05) is 0 Å². The molecular weight excluding hydrogens is 842 g/mol. The molecule has 0 heterocycles. The molecule has 22 nitrogen and oxygen atoms in total. The smallest absolute Gasteiger partial charge is 0.549 e. The van der Waals surface area contributed by atoms with Crippen LogP contribution >= 0.6 is 0 Å². The van der Waals surface area contributed by atoms with Crippen molar-refractivity contribution in [1.29, 1.82) is 0 Å². The van der Waals surface area contributed by atoms with Crippen LogP contribution in [0.2, 0.25) is 0 Å². The van der Waals surface area contributed by atoms with Gasteiger partial charge in [0.15, 0.2) is 0 Å². The van der Waals surface area contributed by atoms with Crippen LogP contribution in [-0.4, -0.2) is 175 Å². The Labute approximate surface area is 469 Å². The summed E-state index contributed by atoms with van der Waals surface area (Å²) >= 11 is 0. The largest absolute Gasteiger partial charge is 1.00 e. The third kappa shape index (κ3) is 51.3. The van der Waals surface area contributed by atoms with Gasteiger partial charge in [0.1, 0.15) is 19.3 Å². The first-order valence-electron chi connectivity index (χ1n) is 14.8. The average molecular weight is 885 g/mol. The van der Waals surface area contributed by atoms with Crippen LogP contribution in [0.3, 0.4) is 0 Å². The van der Waals surface area contributed by atoms with Crippen LogP contribution in [0.15, 0.2) is 24.3 Å². The van der Waals surface area contributed by atoms with Gasteiger partial charge in [0, 0.05) is 70.0 Å². The minimum absolute atomic E-state index is 0. The predicted molar refractivity (Wildman–Crippen MR) is 160 cm³/mol. The Bertz CT molecular complexity index is 1250. The van der Waals surface area contributed by atoms with Crippen LogP contribution in [0.25, 0.3) is 0 Å². The molecule has 28 heteroatoms. The first kappa shape index (κ1) is 79.3. The van der Waals surface area contributed by atoms with E-state index in [2.05, 4.69) is 20.2 Å². The number of carboxylic acids is 5. The van der Waals surface area contributed by atoms with Crippen molar-refractivity contribution in [3.8, 4) is 0 Å². The topological polar surface area (TPSA) is 341 Å². The summed E-state index contributed by atoms with van der Waals surface area (Å²) in [6, 6.07) is -0.927. The maximum Gasteiger partial charge on any atom is 1.00 e. The molecule has 0 aromatic carbocycles. The van der Waals surface area contributed by atoms with Crippen molar-refractivity contribution in [3.05, 3.63) is 31.4 Å². The first-order chi connectivity index (χ1) is 24.1. The molecule has 0 saturated heterocycles. The molecule has 0 aliphatic heterocycles. The van der Waals surface area contributed by atoms with Crippen molar-refractivity contribution in [2.75, 3.05) is 85.3 Å². The van der Waals surface area contributed by atoms with Crippen LogP contribution in [0.4, 0.5) is 0 Å². The van der Waals surface area contributed by atoms with E-state index >= 15 is 0 Å². The molecule has 0 radical (unpaired) electrons. The quantitative estimate of drug-likeness (QED) is 0.0352. The van der Waals surface area contributed by atoms with Crippen molar-refractivity contribution in [1.82, 2.24) is 19.6 Å². The summed E-state index contributed by atoms with van der Waals surface area (Å²) in [4.78, 5) is 96.8. The number of carboxylic acid groups (broad SMARTS) is 5. The van der Waals surface area contributed by atoms with Crippen LogP contribution in [0, 0.1) is 7.05 Å². The number of esters is 2. The fraction of sp³-hybridized carbons (Fsp3) is 0.567. The van der Waals surface area contributed by atoms with Gasteiger partial charge in [0.2, 0.25) is 0 Å². The Balaban J connectivity index is -0.000000101. The summed E-state index contributed by atoms with van der Waals surface area (Å²) in [5.41, 5.74) is 0.293. The van der Waals surface area contributed by atoms with E-state index in [1.165, 1.54) is 28.5 Å². The molecule has 2 N–H and O–H groups in total. The van der Waals surface area contributed by atoms with Crippen molar-refractivity contribution >= 4 is 47.9 Å². The number of aliphatic carboxylic acids is 5. The van der Waals surface area contributed by atoms with Crippen LogP contribution in [-0.2, 0) is 52.6 Å². The third-order valence-electron chi connectivity index (χ3n) is 5.89. The molecule has 0 rings (SSSR count). The number of hydrogen-bond donors (Lipinski definition) is 2. The fourth-order valence-corrected chi connectivity index (χ4v) is 3.58. The minimum Gasteiger partial charge on any atom is -0.549 e. The molecule has 0 aliphatic carbocycles. The molecule has 0 saturated carbocycles. The van der Waals surface area contributed by atoms with Crippen molar-refractivity contribution in [2.45, 2.75) is 26.0 Å². The standard InChI is InChI=1S/C15H24N2O9.C14H23N2O7.CO2.6Na/c1-10(2)15(25)26-9-11(8-18)17(7-14(23)24)4-3-16(5-12(19)20)6-13(21)22;1-10(2)14(22)23-9-11(17)6-16(8-13(20)21)5-4-15(3)7-12(18)19;2-1-3;;;;;;/h11,18H,1,3-9H2,2H3,(H,19,20)(H,21,22)(H,23,24);11,17H,1,3-9H2,2H3,(H,18,19)(H,20,21);;;;;;;/q;-1;;6*+1/p-5. The average Bonchev–Trinajstić information content (AvgIpc) is 3.00. The van der Waals surface area contributed by atoms with E-state index in [0.717, 1.165) is 4.90 Å². The summed E-state index contributed by atoms with van der Waals surface area (Å²) in [5, 5.41) is 72.5. The second-order valence-corrected chi connectivity index (χ2v) is 10.7. The van der Waals surface area contributed by atoms with Gasteiger partial charge in [0.05, 0.1) is 42.5 Å². The van der Waals surface area contributed by atoms with Crippen molar-refractivity contribution in [3.63, 3.8) is 0 Å². The van der Waals surface area contributed by atoms with Gasteiger partial charge in [-0.3, -0.25) is 21.7 Å². The molecule has 296 valence electrons. The zero-order valence-electron chi connectivity index (χ0n) is 34.7. The summed E-state index contributed by atoms with van der Waals surface area (Å²) < 4.78 is 9.64. The first-order valence-corrected chi connectivity index (χ1v) is 14.8. The van der Waals surface area contributed by atoms with Gasteiger partial charge in [-0.1, -0.05) is 13.2 Å². The third-order valence-corrected chi connectivity index (χ3v) is 5.89. The number of aliphatic hydroxyl groups excluding tert-OH is 2. The van der Waals surface area contributed by atoms with Crippen LogP contribution < -0.4 is 203 Å². The molecule has 2 atom stereocenters. The van der Waals surface area contributed by atoms with Gasteiger partial charge in [0.25, 0.3) is 0 Å². The van der Waals surface area contributed by atoms with Crippen LogP contribution in [0.5, 0.6) is 0 Å². The summed E-state index contributed by atoms with van der Waals surface area (Å²) in [6.07, 6.45) is -0.864. The van der Waals surface area contributed by atoms with Crippen molar-refractivity contribution < 1.29 is 266 Å². The van der Waals surface area contributed by atoms with E-state index in [9.17, 15) is 69.3 Å². The SMILES string of the molecule is C=C(C)C(=O)OCC(CO)N(CCN(CC(=O)[O-])CC(=O)[O-])CC(=O)[O-].C=C(C)C(=O)OCC(O)CN(CCN([CH2-])CC(=O)[O-])CC(=O)[O-].O=C=O.[Na+].[Na+].[Na+].[Na+].[Na+].[Na+]. The number of rotatable bonds is 26. The van der Waals surface area contributed by atoms with Crippen molar-refractivity contribution in [2.24, 2.45) is 0 Å². The molecule has 0 aromatic heterocycles. The maximum absolute atomic E-state index is 11.4. The second-order valence-electron chi connectivity index (χ2n) is 10.7. The summed E-state index contributed by atoms with van der Waals surface area (Å²) in [7, 11) is 3.47. The molecular formula is C30H42N4Na6O18. The zero-order valence-corrected chi connectivity index (χ0v) is 46.7. The zero-order chi connectivity index (χ0) is 41.0. The molecule has 0 fully saturated rings. The van der Waals surface area contributed by atoms with Gasteiger partial charge >= 0.3 is 195 Å². The van der Waals surface area contributed by atoms with E-state index < -0.39 is 93.3 Å². The predicted octanol–water partition coefficient (Wildman–Crippen LogP) is -27.9.